The van der Waals surface area contributed by atoms with Gasteiger partial charge in [0.05, 0.1) is 0 Å². The Bertz CT molecular complexity index is 336. The summed E-state index contributed by atoms with van der Waals surface area (Å²) in [6.07, 6.45) is 1.75. The van der Waals surface area contributed by atoms with E-state index in [9.17, 15) is 4.79 Å². The molecule has 0 radical (unpaired) electrons. The largest absolute Gasteiger partial charge is 0.427 e. The van der Waals surface area contributed by atoms with E-state index in [1.165, 1.54) is 6.92 Å². The predicted octanol–water partition coefficient (Wildman–Crippen LogP) is 1.89. The lowest BCUT2D eigenvalue weighted by molar-refractivity contribution is -0.131. The molecule has 15 heavy (non-hydrogen) atoms. The SMILES string of the molecule is CCC(N)Cc1cccc(OC(C)=O)c1. The van der Waals surface area contributed by atoms with E-state index < -0.39 is 0 Å². The quantitative estimate of drug-likeness (QED) is 0.606. The molecule has 1 atom stereocenters. The molecular formula is C12H17NO2. The van der Waals surface area contributed by atoms with Gasteiger partial charge < -0.3 is 10.5 Å². The van der Waals surface area contributed by atoms with E-state index in [4.69, 9.17) is 10.5 Å². The number of hydrogen-bond acceptors (Lipinski definition) is 3. The molecule has 0 aliphatic carbocycles. The van der Waals surface area contributed by atoms with Crippen LogP contribution in [0.15, 0.2) is 24.3 Å². The Labute approximate surface area is 90.2 Å². The van der Waals surface area contributed by atoms with E-state index in [1.807, 2.05) is 18.2 Å². The summed E-state index contributed by atoms with van der Waals surface area (Å²) in [5, 5.41) is 0. The van der Waals surface area contributed by atoms with Crippen molar-refractivity contribution < 1.29 is 9.53 Å². The van der Waals surface area contributed by atoms with Crippen LogP contribution in [0.25, 0.3) is 0 Å². The Kier molecular flexibility index (Phi) is 4.31. The molecule has 0 aliphatic rings. The normalized spacial score (nSPS) is 12.2. The zero-order chi connectivity index (χ0) is 11.3. The topological polar surface area (TPSA) is 52.3 Å². The third-order valence-corrected chi connectivity index (χ3v) is 2.18. The summed E-state index contributed by atoms with van der Waals surface area (Å²) in [5.41, 5.74) is 6.95. The number of carbonyl (C=O) groups is 1. The first-order chi connectivity index (χ1) is 7.11. The van der Waals surface area contributed by atoms with Crippen LogP contribution in [-0.2, 0) is 11.2 Å². The first-order valence-electron chi connectivity index (χ1n) is 5.14. The van der Waals surface area contributed by atoms with Crippen LogP contribution in [0.3, 0.4) is 0 Å². The first-order valence-corrected chi connectivity index (χ1v) is 5.14. The molecule has 0 heterocycles. The second-order valence-electron chi connectivity index (χ2n) is 3.61. The van der Waals surface area contributed by atoms with E-state index in [0.717, 1.165) is 18.4 Å². The summed E-state index contributed by atoms with van der Waals surface area (Å²) in [4.78, 5) is 10.8. The number of hydrogen-bond donors (Lipinski definition) is 1. The molecule has 1 rings (SSSR count). The van der Waals surface area contributed by atoms with Crippen molar-refractivity contribution in [2.75, 3.05) is 0 Å². The van der Waals surface area contributed by atoms with Crippen LogP contribution in [0.2, 0.25) is 0 Å². The second kappa shape index (κ2) is 5.51. The van der Waals surface area contributed by atoms with Crippen LogP contribution in [0, 0.1) is 0 Å². The van der Waals surface area contributed by atoms with Gasteiger partial charge in [0.25, 0.3) is 0 Å². The average Bonchev–Trinajstić information content (AvgIpc) is 2.17. The van der Waals surface area contributed by atoms with Crippen molar-refractivity contribution in [1.29, 1.82) is 0 Å². The minimum absolute atomic E-state index is 0.164. The van der Waals surface area contributed by atoms with Crippen molar-refractivity contribution in [3.63, 3.8) is 0 Å². The van der Waals surface area contributed by atoms with Gasteiger partial charge in [0.1, 0.15) is 5.75 Å². The fraction of sp³-hybridized carbons (Fsp3) is 0.417. The number of ether oxygens (including phenoxy) is 1. The summed E-state index contributed by atoms with van der Waals surface area (Å²) in [6.45, 7) is 3.45. The monoisotopic (exact) mass is 207 g/mol. The highest BCUT2D eigenvalue weighted by Gasteiger charge is 2.03. The Balaban J connectivity index is 2.69. The van der Waals surface area contributed by atoms with E-state index in [1.54, 1.807) is 6.07 Å². The zero-order valence-corrected chi connectivity index (χ0v) is 9.19. The van der Waals surface area contributed by atoms with E-state index in [-0.39, 0.29) is 12.0 Å². The summed E-state index contributed by atoms with van der Waals surface area (Å²) in [7, 11) is 0. The third kappa shape index (κ3) is 4.13. The van der Waals surface area contributed by atoms with Crippen LogP contribution in [0.1, 0.15) is 25.8 Å². The van der Waals surface area contributed by atoms with Crippen LogP contribution in [-0.4, -0.2) is 12.0 Å². The highest BCUT2D eigenvalue weighted by molar-refractivity contribution is 5.69. The van der Waals surface area contributed by atoms with Gasteiger partial charge in [-0.05, 0) is 30.5 Å². The van der Waals surface area contributed by atoms with E-state index >= 15 is 0 Å². The lowest BCUT2D eigenvalue weighted by Crippen LogP contribution is -2.21. The van der Waals surface area contributed by atoms with Crippen molar-refractivity contribution in [1.82, 2.24) is 0 Å². The highest BCUT2D eigenvalue weighted by atomic mass is 16.5. The van der Waals surface area contributed by atoms with Crippen molar-refractivity contribution in [2.24, 2.45) is 5.73 Å². The van der Waals surface area contributed by atoms with Gasteiger partial charge >= 0.3 is 5.97 Å². The fourth-order valence-electron chi connectivity index (χ4n) is 1.35. The fourth-order valence-corrected chi connectivity index (χ4v) is 1.35. The molecule has 2 N–H and O–H groups in total. The molecule has 3 heteroatoms. The first kappa shape index (κ1) is 11.7. The van der Waals surface area contributed by atoms with Gasteiger partial charge in [-0.15, -0.1) is 0 Å². The van der Waals surface area contributed by atoms with Gasteiger partial charge in [-0.25, -0.2) is 0 Å². The van der Waals surface area contributed by atoms with Crippen LogP contribution in [0.5, 0.6) is 5.75 Å². The zero-order valence-electron chi connectivity index (χ0n) is 9.19. The maximum absolute atomic E-state index is 10.8. The summed E-state index contributed by atoms with van der Waals surface area (Å²) in [6, 6.07) is 7.65. The van der Waals surface area contributed by atoms with E-state index in [0.29, 0.717) is 5.75 Å². The lowest BCUT2D eigenvalue weighted by Gasteiger charge is -2.09. The molecular weight excluding hydrogens is 190 g/mol. The Hall–Kier alpha value is -1.35. The molecule has 1 unspecified atom stereocenters. The van der Waals surface area contributed by atoms with Crippen molar-refractivity contribution in [3.05, 3.63) is 29.8 Å². The number of benzene rings is 1. The van der Waals surface area contributed by atoms with Crippen LogP contribution in [0.4, 0.5) is 0 Å². The Morgan fingerprint density at radius 3 is 2.87 bits per heavy atom. The molecule has 1 aromatic carbocycles. The molecule has 0 spiro atoms. The second-order valence-corrected chi connectivity index (χ2v) is 3.61. The number of carbonyl (C=O) groups excluding carboxylic acids is 1. The minimum atomic E-state index is -0.299. The van der Waals surface area contributed by atoms with Gasteiger partial charge in [0, 0.05) is 13.0 Å². The Morgan fingerprint density at radius 2 is 2.27 bits per heavy atom. The molecule has 0 fully saturated rings. The lowest BCUT2D eigenvalue weighted by atomic mass is 10.0. The third-order valence-electron chi connectivity index (χ3n) is 2.18. The molecule has 3 nitrogen and oxygen atoms in total. The minimum Gasteiger partial charge on any atom is -0.427 e. The number of rotatable bonds is 4. The summed E-state index contributed by atoms with van der Waals surface area (Å²) in [5.74, 6) is 0.287. The van der Waals surface area contributed by atoms with E-state index in [2.05, 4.69) is 6.92 Å². The van der Waals surface area contributed by atoms with Crippen molar-refractivity contribution >= 4 is 5.97 Å². The van der Waals surface area contributed by atoms with Gasteiger partial charge in [-0.1, -0.05) is 19.1 Å². The smallest absolute Gasteiger partial charge is 0.308 e. The maximum Gasteiger partial charge on any atom is 0.308 e. The average molecular weight is 207 g/mol. The molecule has 0 amide bonds. The van der Waals surface area contributed by atoms with Crippen LogP contribution < -0.4 is 10.5 Å². The number of nitrogens with two attached hydrogens (primary N) is 1. The van der Waals surface area contributed by atoms with Gasteiger partial charge in [-0.2, -0.15) is 0 Å². The van der Waals surface area contributed by atoms with Gasteiger partial charge in [0.15, 0.2) is 0 Å². The number of esters is 1. The molecule has 0 aliphatic heterocycles. The van der Waals surface area contributed by atoms with Gasteiger partial charge in [-0.3, -0.25) is 4.79 Å². The van der Waals surface area contributed by atoms with Crippen LogP contribution >= 0.6 is 0 Å². The molecule has 0 saturated heterocycles. The van der Waals surface area contributed by atoms with Crippen molar-refractivity contribution in [2.45, 2.75) is 32.7 Å². The molecule has 1 aromatic rings. The molecule has 0 aromatic heterocycles. The highest BCUT2D eigenvalue weighted by Crippen LogP contribution is 2.15. The predicted molar refractivity (Wildman–Crippen MR) is 59.7 cm³/mol. The molecule has 0 bridgehead atoms. The molecule has 82 valence electrons. The summed E-state index contributed by atoms with van der Waals surface area (Å²) < 4.78 is 4.99. The maximum atomic E-state index is 10.8. The Morgan fingerprint density at radius 1 is 1.53 bits per heavy atom. The van der Waals surface area contributed by atoms with Crippen molar-refractivity contribution in [3.8, 4) is 5.75 Å². The summed E-state index contributed by atoms with van der Waals surface area (Å²) >= 11 is 0. The molecule has 0 saturated carbocycles. The van der Waals surface area contributed by atoms with Gasteiger partial charge in [0.2, 0.25) is 0 Å². The standard InChI is InChI=1S/C12H17NO2/c1-3-11(13)7-10-5-4-6-12(8-10)15-9(2)14/h4-6,8,11H,3,7,13H2,1-2H3.